The minimum Gasteiger partial charge on any atom is -0.381 e. The van der Waals surface area contributed by atoms with Crippen LogP contribution < -0.4 is 10.9 Å². The van der Waals surface area contributed by atoms with Gasteiger partial charge in [-0.1, -0.05) is 0 Å². The highest BCUT2D eigenvalue weighted by atomic mass is 16.5. The molecule has 2 aliphatic rings. The van der Waals surface area contributed by atoms with Crippen molar-refractivity contribution in [1.29, 1.82) is 0 Å². The highest BCUT2D eigenvalue weighted by Crippen LogP contribution is 2.37. The Morgan fingerprint density at radius 1 is 1.43 bits per heavy atom. The van der Waals surface area contributed by atoms with Gasteiger partial charge >= 0.3 is 0 Å². The van der Waals surface area contributed by atoms with Crippen molar-refractivity contribution in [1.82, 2.24) is 15.3 Å². The van der Waals surface area contributed by atoms with Crippen molar-refractivity contribution in [3.63, 3.8) is 0 Å². The van der Waals surface area contributed by atoms with Gasteiger partial charge in [0.15, 0.2) is 0 Å². The summed E-state index contributed by atoms with van der Waals surface area (Å²) in [5.41, 5.74) is -0.246. The van der Waals surface area contributed by atoms with Crippen LogP contribution in [0.15, 0.2) is 11.0 Å². The van der Waals surface area contributed by atoms with E-state index in [4.69, 9.17) is 4.74 Å². The van der Waals surface area contributed by atoms with Gasteiger partial charge in [0.05, 0.1) is 0 Å². The number of H-pyrrole nitrogens is 1. The molecule has 114 valence electrons. The lowest BCUT2D eigenvalue weighted by molar-refractivity contribution is 0.0514. The van der Waals surface area contributed by atoms with Gasteiger partial charge in [-0.3, -0.25) is 9.59 Å². The van der Waals surface area contributed by atoms with Crippen LogP contribution in [0.5, 0.6) is 0 Å². The smallest absolute Gasteiger partial charge is 0.263 e. The molecule has 3 rings (SSSR count). The zero-order chi connectivity index (χ0) is 14.7. The van der Waals surface area contributed by atoms with Crippen LogP contribution in [0.3, 0.4) is 0 Å². The van der Waals surface area contributed by atoms with Gasteiger partial charge in [-0.15, -0.1) is 0 Å². The summed E-state index contributed by atoms with van der Waals surface area (Å²) in [6, 6.07) is 0. The highest BCUT2D eigenvalue weighted by Gasteiger charge is 2.26. The van der Waals surface area contributed by atoms with Crippen molar-refractivity contribution in [2.45, 2.75) is 38.0 Å². The van der Waals surface area contributed by atoms with Gasteiger partial charge in [-0.25, -0.2) is 4.98 Å². The fraction of sp³-hybridized carbons (Fsp3) is 0.667. The first kappa shape index (κ1) is 14.3. The van der Waals surface area contributed by atoms with Crippen LogP contribution in [-0.2, 0) is 4.74 Å². The van der Waals surface area contributed by atoms with Crippen molar-refractivity contribution in [3.05, 3.63) is 27.9 Å². The number of nitrogens with one attached hydrogen (secondary N) is 2. The highest BCUT2D eigenvalue weighted by molar-refractivity contribution is 5.93. The number of rotatable bonds is 5. The van der Waals surface area contributed by atoms with Gasteiger partial charge in [0, 0.05) is 31.9 Å². The SMILES string of the molecule is O=C(NCC[C@@H]1CCCOC1)c1cnc(C2CC2)[nH]c1=O. The molecule has 1 aliphatic heterocycles. The molecular weight excluding hydrogens is 270 g/mol. The molecule has 0 bridgehead atoms. The van der Waals surface area contributed by atoms with Crippen LogP contribution in [-0.4, -0.2) is 35.6 Å². The van der Waals surface area contributed by atoms with Crippen molar-refractivity contribution < 1.29 is 9.53 Å². The fourth-order valence-corrected chi connectivity index (χ4v) is 2.65. The molecule has 1 aromatic heterocycles. The van der Waals surface area contributed by atoms with Crippen LogP contribution in [0.2, 0.25) is 0 Å². The predicted molar refractivity (Wildman–Crippen MR) is 77.3 cm³/mol. The Morgan fingerprint density at radius 2 is 2.29 bits per heavy atom. The Hall–Kier alpha value is -1.69. The first-order valence-corrected chi connectivity index (χ1v) is 7.69. The normalized spacial score (nSPS) is 22.0. The van der Waals surface area contributed by atoms with E-state index in [0.717, 1.165) is 45.3 Å². The molecule has 2 fully saturated rings. The second-order valence-corrected chi connectivity index (χ2v) is 5.91. The maximum Gasteiger partial charge on any atom is 0.263 e. The van der Waals surface area contributed by atoms with Gasteiger partial charge in [-0.2, -0.15) is 0 Å². The molecule has 1 saturated heterocycles. The number of hydrogen-bond acceptors (Lipinski definition) is 4. The molecule has 1 atom stereocenters. The zero-order valence-corrected chi connectivity index (χ0v) is 12.1. The Balaban J connectivity index is 1.51. The predicted octanol–water partition coefficient (Wildman–Crippen LogP) is 1.19. The molecule has 1 aromatic rings. The lowest BCUT2D eigenvalue weighted by atomic mass is 9.99. The molecule has 6 nitrogen and oxygen atoms in total. The van der Waals surface area contributed by atoms with E-state index in [1.807, 2.05) is 0 Å². The Labute approximate surface area is 123 Å². The van der Waals surface area contributed by atoms with E-state index in [1.165, 1.54) is 6.20 Å². The van der Waals surface area contributed by atoms with Crippen LogP contribution >= 0.6 is 0 Å². The maximum atomic E-state index is 12.0. The van der Waals surface area contributed by atoms with E-state index in [1.54, 1.807) is 0 Å². The molecule has 2 heterocycles. The summed E-state index contributed by atoms with van der Waals surface area (Å²) in [6.45, 7) is 2.18. The third-order valence-corrected chi connectivity index (χ3v) is 4.12. The molecule has 0 spiro atoms. The Morgan fingerprint density at radius 3 is 2.95 bits per heavy atom. The Bertz CT molecular complexity index is 560. The lowest BCUT2D eigenvalue weighted by Crippen LogP contribution is -2.32. The first-order chi connectivity index (χ1) is 10.2. The molecule has 0 unspecified atom stereocenters. The molecule has 1 saturated carbocycles. The second kappa shape index (κ2) is 6.39. The first-order valence-electron chi connectivity index (χ1n) is 7.69. The number of carbonyl (C=O) groups is 1. The molecule has 0 aromatic carbocycles. The van der Waals surface area contributed by atoms with Crippen molar-refractivity contribution in [2.75, 3.05) is 19.8 Å². The second-order valence-electron chi connectivity index (χ2n) is 5.91. The summed E-state index contributed by atoms with van der Waals surface area (Å²) in [5.74, 6) is 1.24. The Kier molecular flexibility index (Phi) is 4.34. The van der Waals surface area contributed by atoms with Crippen LogP contribution in [0.25, 0.3) is 0 Å². The molecule has 0 radical (unpaired) electrons. The minimum atomic E-state index is -0.345. The molecule has 6 heteroatoms. The van der Waals surface area contributed by atoms with E-state index >= 15 is 0 Å². The van der Waals surface area contributed by atoms with Crippen LogP contribution in [0.1, 0.15) is 54.2 Å². The van der Waals surface area contributed by atoms with E-state index in [9.17, 15) is 9.59 Å². The summed E-state index contributed by atoms with van der Waals surface area (Å²) in [6.07, 6.45) is 6.65. The van der Waals surface area contributed by atoms with Gasteiger partial charge < -0.3 is 15.0 Å². The summed E-state index contributed by atoms with van der Waals surface area (Å²) >= 11 is 0. The van der Waals surface area contributed by atoms with Gasteiger partial charge in [0.2, 0.25) is 0 Å². The van der Waals surface area contributed by atoms with Crippen molar-refractivity contribution in [2.24, 2.45) is 5.92 Å². The lowest BCUT2D eigenvalue weighted by Gasteiger charge is -2.21. The van der Waals surface area contributed by atoms with Crippen LogP contribution in [0, 0.1) is 5.92 Å². The van der Waals surface area contributed by atoms with Crippen LogP contribution in [0.4, 0.5) is 0 Å². The maximum absolute atomic E-state index is 12.0. The standard InChI is InChI=1S/C15H21N3O3/c19-14(16-6-5-10-2-1-7-21-9-10)12-8-17-13(11-3-4-11)18-15(12)20/h8,10-11H,1-7,9H2,(H,16,19)(H,17,18,20)/t10-/m0/s1. The molecular formula is C15H21N3O3. The quantitative estimate of drug-likeness (QED) is 0.853. The molecule has 2 N–H and O–H groups in total. The third-order valence-electron chi connectivity index (χ3n) is 4.12. The van der Waals surface area contributed by atoms with Crippen molar-refractivity contribution >= 4 is 5.91 Å². The number of nitrogens with zero attached hydrogens (tertiary/aromatic N) is 1. The van der Waals surface area contributed by atoms with E-state index in [2.05, 4.69) is 15.3 Å². The fourth-order valence-electron chi connectivity index (χ4n) is 2.65. The van der Waals surface area contributed by atoms with Gasteiger partial charge in [0.25, 0.3) is 11.5 Å². The van der Waals surface area contributed by atoms with Gasteiger partial charge in [0.1, 0.15) is 11.4 Å². The van der Waals surface area contributed by atoms with E-state index < -0.39 is 0 Å². The molecule has 1 aliphatic carbocycles. The number of hydrogen-bond donors (Lipinski definition) is 2. The number of carbonyl (C=O) groups excluding carboxylic acids is 1. The molecule has 21 heavy (non-hydrogen) atoms. The minimum absolute atomic E-state index is 0.0966. The third kappa shape index (κ3) is 3.69. The molecule has 1 amide bonds. The number of aromatic nitrogens is 2. The monoisotopic (exact) mass is 291 g/mol. The number of ether oxygens (including phenoxy) is 1. The van der Waals surface area contributed by atoms with E-state index in [-0.39, 0.29) is 17.0 Å². The average molecular weight is 291 g/mol. The summed E-state index contributed by atoms with van der Waals surface area (Å²) < 4.78 is 5.41. The number of amides is 1. The van der Waals surface area contributed by atoms with Crippen molar-refractivity contribution in [3.8, 4) is 0 Å². The summed E-state index contributed by atoms with van der Waals surface area (Å²) in [5, 5.41) is 2.80. The summed E-state index contributed by atoms with van der Waals surface area (Å²) in [4.78, 5) is 30.8. The van der Waals surface area contributed by atoms with Gasteiger partial charge in [-0.05, 0) is 38.0 Å². The zero-order valence-electron chi connectivity index (χ0n) is 12.1. The van der Waals surface area contributed by atoms with E-state index in [0.29, 0.717) is 24.2 Å². The number of aromatic amines is 1. The largest absolute Gasteiger partial charge is 0.381 e. The topological polar surface area (TPSA) is 84.1 Å². The summed E-state index contributed by atoms with van der Waals surface area (Å²) in [7, 11) is 0. The average Bonchev–Trinajstić information content (AvgIpc) is 3.33.